The molecule has 2 rings (SSSR count). The Morgan fingerprint density at radius 3 is 3.08 bits per heavy atom. The van der Waals surface area contributed by atoms with Gasteiger partial charge in [-0.25, -0.2) is 4.98 Å². The van der Waals surface area contributed by atoms with E-state index >= 15 is 0 Å². The third kappa shape index (κ3) is 1.80. The molecule has 2 heterocycles. The van der Waals surface area contributed by atoms with E-state index in [0.29, 0.717) is 6.04 Å². The van der Waals surface area contributed by atoms with E-state index < -0.39 is 0 Å². The fourth-order valence-corrected chi connectivity index (χ4v) is 1.69. The monoisotopic (exact) mass is 177 g/mol. The standard InChI is InChI=1S/C10H15N3/c1-8-2-4-12-10(6-8)13-5-3-9(11)7-13/h2,4,6,9H,3,5,7,11H2,1H3. The van der Waals surface area contributed by atoms with E-state index in [0.717, 1.165) is 25.3 Å². The molecule has 0 radical (unpaired) electrons. The average molecular weight is 177 g/mol. The number of aromatic nitrogens is 1. The van der Waals surface area contributed by atoms with Crippen LogP contribution in [0.4, 0.5) is 5.82 Å². The second-order valence-electron chi connectivity index (χ2n) is 3.69. The molecule has 1 aliphatic rings. The zero-order chi connectivity index (χ0) is 9.26. The summed E-state index contributed by atoms with van der Waals surface area (Å²) < 4.78 is 0. The summed E-state index contributed by atoms with van der Waals surface area (Å²) in [7, 11) is 0. The maximum atomic E-state index is 5.83. The van der Waals surface area contributed by atoms with Crippen molar-refractivity contribution in [2.75, 3.05) is 18.0 Å². The van der Waals surface area contributed by atoms with Gasteiger partial charge in [0.25, 0.3) is 0 Å². The van der Waals surface area contributed by atoms with Crippen molar-refractivity contribution in [1.29, 1.82) is 0 Å². The predicted molar refractivity (Wildman–Crippen MR) is 53.8 cm³/mol. The van der Waals surface area contributed by atoms with Crippen molar-refractivity contribution in [3.8, 4) is 0 Å². The van der Waals surface area contributed by atoms with Crippen LogP contribution in [0.3, 0.4) is 0 Å². The Kier molecular flexibility index (Phi) is 2.19. The molecule has 13 heavy (non-hydrogen) atoms. The second-order valence-corrected chi connectivity index (χ2v) is 3.69. The van der Waals surface area contributed by atoms with Crippen molar-refractivity contribution < 1.29 is 0 Å². The Hall–Kier alpha value is -1.09. The van der Waals surface area contributed by atoms with Gasteiger partial charge in [-0.15, -0.1) is 0 Å². The zero-order valence-electron chi connectivity index (χ0n) is 7.90. The second kappa shape index (κ2) is 3.34. The number of anilines is 1. The van der Waals surface area contributed by atoms with E-state index in [1.54, 1.807) is 0 Å². The van der Waals surface area contributed by atoms with Crippen LogP contribution in [0, 0.1) is 6.92 Å². The summed E-state index contributed by atoms with van der Waals surface area (Å²) in [5, 5.41) is 0. The number of rotatable bonds is 1. The van der Waals surface area contributed by atoms with Gasteiger partial charge in [-0.05, 0) is 31.0 Å². The molecule has 0 spiro atoms. The van der Waals surface area contributed by atoms with Gasteiger partial charge in [-0.2, -0.15) is 0 Å². The molecular weight excluding hydrogens is 162 g/mol. The smallest absolute Gasteiger partial charge is 0.128 e. The van der Waals surface area contributed by atoms with E-state index in [9.17, 15) is 0 Å². The van der Waals surface area contributed by atoms with E-state index in [-0.39, 0.29) is 0 Å². The first-order valence-corrected chi connectivity index (χ1v) is 4.69. The lowest BCUT2D eigenvalue weighted by atomic mass is 10.3. The molecule has 0 saturated carbocycles. The van der Waals surface area contributed by atoms with Crippen molar-refractivity contribution in [2.45, 2.75) is 19.4 Å². The minimum Gasteiger partial charge on any atom is -0.355 e. The summed E-state index contributed by atoms with van der Waals surface area (Å²) in [5.74, 6) is 1.06. The molecule has 0 bridgehead atoms. The van der Waals surface area contributed by atoms with Gasteiger partial charge in [-0.3, -0.25) is 0 Å². The molecule has 1 aromatic rings. The van der Waals surface area contributed by atoms with Crippen LogP contribution in [0.1, 0.15) is 12.0 Å². The van der Waals surface area contributed by atoms with Crippen LogP contribution in [-0.2, 0) is 0 Å². The molecular formula is C10H15N3. The van der Waals surface area contributed by atoms with Gasteiger partial charge < -0.3 is 10.6 Å². The molecule has 0 aliphatic carbocycles. The quantitative estimate of drug-likeness (QED) is 0.693. The van der Waals surface area contributed by atoms with Crippen LogP contribution in [0.15, 0.2) is 18.3 Å². The van der Waals surface area contributed by atoms with Gasteiger partial charge in [-0.1, -0.05) is 0 Å². The highest BCUT2D eigenvalue weighted by Gasteiger charge is 2.19. The maximum Gasteiger partial charge on any atom is 0.128 e. The van der Waals surface area contributed by atoms with Crippen molar-refractivity contribution in [2.24, 2.45) is 5.73 Å². The molecule has 1 atom stereocenters. The Bertz CT molecular complexity index is 298. The molecule has 1 saturated heterocycles. The van der Waals surface area contributed by atoms with Gasteiger partial charge in [0.05, 0.1) is 0 Å². The third-order valence-corrected chi connectivity index (χ3v) is 2.45. The molecule has 3 nitrogen and oxygen atoms in total. The first kappa shape index (κ1) is 8.51. The average Bonchev–Trinajstić information content (AvgIpc) is 2.52. The Labute approximate surface area is 78.6 Å². The lowest BCUT2D eigenvalue weighted by Gasteiger charge is -2.16. The van der Waals surface area contributed by atoms with E-state index in [1.165, 1.54) is 5.56 Å². The SMILES string of the molecule is Cc1ccnc(N2CCC(N)C2)c1. The number of aryl methyl sites for hydroxylation is 1. The normalized spacial score (nSPS) is 22.3. The highest BCUT2D eigenvalue weighted by molar-refractivity contribution is 5.41. The Morgan fingerprint density at radius 1 is 1.62 bits per heavy atom. The van der Waals surface area contributed by atoms with Gasteiger partial charge >= 0.3 is 0 Å². The lowest BCUT2D eigenvalue weighted by Crippen LogP contribution is -2.26. The van der Waals surface area contributed by atoms with Gasteiger partial charge in [0.2, 0.25) is 0 Å². The van der Waals surface area contributed by atoms with Crippen LogP contribution >= 0.6 is 0 Å². The molecule has 1 aromatic heterocycles. The molecule has 1 aliphatic heterocycles. The zero-order valence-corrected chi connectivity index (χ0v) is 7.90. The maximum absolute atomic E-state index is 5.83. The molecule has 3 heteroatoms. The summed E-state index contributed by atoms with van der Waals surface area (Å²) in [6, 6.07) is 4.44. The van der Waals surface area contributed by atoms with Crippen LogP contribution in [0.5, 0.6) is 0 Å². The van der Waals surface area contributed by atoms with Crippen LogP contribution in [0.25, 0.3) is 0 Å². The van der Waals surface area contributed by atoms with Crippen LogP contribution in [0.2, 0.25) is 0 Å². The largest absolute Gasteiger partial charge is 0.355 e. The van der Waals surface area contributed by atoms with Crippen molar-refractivity contribution in [3.63, 3.8) is 0 Å². The summed E-state index contributed by atoms with van der Waals surface area (Å²) in [5.41, 5.74) is 7.09. The fourth-order valence-electron chi connectivity index (χ4n) is 1.69. The molecule has 1 fully saturated rings. The summed E-state index contributed by atoms with van der Waals surface area (Å²) in [4.78, 5) is 6.57. The van der Waals surface area contributed by atoms with Gasteiger partial charge in [0.15, 0.2) is 0 Å². The van der Waals surface area contributed by atoms with Crippen molar-refractivity contribution in [1.82, 2.24) is 4.98 Å². The molecule has 0 aromatic carbocycles. The highest BCUT2D eigenvalue weighted by Crippen LogP contribution is 2.17. The Balaban J connectivity index is 2.16. The number of hydrogen-bond acceptors (Lipinski definition) is 3. The first-order chi connectivity index (χ1) is 6.25. The molecule has 1 unspecified atom stereocenters. The topological polar surface area (TPSA) is 42.2 Å². The van der Waals surface area contributed by atoms with Crippen LogP contribution in [-0.4, -0.2) is 24.1 Å². The lowest BCUT2D eigenvalue weighted by molar-refractivity contribution is 0.751. The number of pyridine rings is 1. The van der Waals surface area contributed by atoms with Gasteiger partial charge in [0.1, 0.15) is 5.82 Å². The fraction of sp³-hybridized carbons (Fsp3) is 0.500. The van der Waals surface area contributed by atoms with E-state index in [2.05, 4.69) is 22.9 Å². The molecule has 2 N–H and O–H groups in total. The van der Waals surface area contributed by atoms with E-state index in [4.69, 9.17) is 5.73 Å². The number of hydrogen-bond donors (Lipinski definition) is 1. The third-order valence-electron chi connectivity index (χ3n) is 2.45. The minimum atomic E-state index is 0.322. The number of nitrogens with two attached hydrogens (primary N) is 1. The predicted octanol–water partition coefficient (Wildman–Crippen LogP) is 0.927. The summed E-state index contributed by atoms with van der Waals surface area (Å²) >= 11 is 0. The van der Waals surface area contributed by atoms with Gasteiger partial charge in [0, 0.05) is 25.3 Å². The summed E-state index contributed by atoms with van der Waals surface area (Å²) in [6.07, 6.45) is 2.93. The van der Waals surface area contributed by atoms with Crippen molar-refractivity contribution >= 4 is 5.82 Å². The Morgan fingerprint density at radius 2 is 2.46 bits per heavy atom. The number of nitrogens with zero attached hydrogens (tertiary/aromatic N) is 2. The van der Waals surface area contributed by atoms with E-state index in [1.807, 2.05) is 12.3 Å². The minimum absolute atomic E-state index is 0.322. The molecule has 70 valence electrons. The molecule has 0 amide bonds. The highest BCUT2D eigenvalue weighted by atomic mass is 15.2. The van der Waals surface area contributed by atoms with Crippen LogP contribution < -0.4 is 10.6 Å². The van der Waals surface area contributed by atoms with Crippen molar-refractivity contribution in [3.05, 3.63) is 23.9 Å². The first-order valence-electron chi connectivity index (χ1n) is 4.69. The summed E-state index contributed by atoms with van der Waals surface area (Å²) in [6.45, 7) is 4.06.